The van der Waals surface area contributed by atoms with Gasteiger partial charge in [0.2, 0.25) is 11.8 Å². The molecule has 0 unspecified atom stereocenters. The fourth-order valence-electron chi connectivity index (χ4n) is 3.35. The number of likely N-dealkylation sites (tertiary alicyclic amines) is 1. The molecule has 0 saturated carbocycles. The lowest BCUT2D eigenvalue weighted by atomic mass is 9.86. The van der Waals surface area contributed by atoms with Crippen LogP contribution in [0.25, 0.3) is 0 Å². The van der Waals surface area contributed by atoms with Gasteiger partial charge in [0, 0.05) is 30.2 Å². The highest BCUT2D eigenvalue weighted by Gasteiger charge is 2.44. The summed E-state index contributed by atoms with van der Waals surface area (Å²) in [7, 11) is 1.67. The molecule has 1 aromatic rings. The van der Waals surface area contributed by atoms with Gasteiger partial charge < -0.3 is 25.0 Å². The number of halogens is 1. The van der Waals surface area contributed by atoms with Crippen LogP contribution in [0.15, 0.2) is 28.7 Å². The van der Waals surface area contributed by atoms with E-state index in [4.69, 9.17) is 15.2 Å². The zero-order valence-corrected chi connectivity index (χ0v) is 20.3. The lowest BCUT2D eigenvalue weighted by molar-refractivity contribution is -0.150. The number of benzene rings is 1. The van der Waals surface area contributed by atoms with E-state index in [1.165, 1.54) is 9.80 Å². The minimum absolute atomic E-state index is 0.187. The van der Waals surface area contributed by atoms with Gasteiger partial charge in [0.1, 0.15) is 12.6 Å². The molecular formula is C22H32BrN3O5. The third-order valence-corrected chi connectivity index (χ3v) is 5.85. The molecule has 2 rings (SSSR count). The Morgan fingerprint density at radius 1 is 1.26 bits per heavy atom. The summed E-state index contributed by atoms with van der Waals surface area (Å²) in [5.41, 5.74) is 6.45. The lowest BCUT2D eigenvalue weighted by Gasteiger charge is -2.33. The van der Waals surface area contributed by atoms with Crippen molar-refractivity contribution in [3.63, 3.8) is 0 Å². The molecule has 1 aromatic carbocycles. The van der Waals surface area contributed by atoms with Gasteiger partial charge in [-0.25, -0.2) is 4.79 Å². The van der Waals surface area contributed by atoms with Crippen molar-refractivity contribution in [2.75, 3.05) is 31.7 Å². The van der Waals surface area contributed by atoms with Crippen LogP contribution < -0.4 is 10.6 Å². The molecule has 1 aliphatic heterocycles. The van der Waals surface area contributed by atoms with Crippen LogP contribution in [0.2, 0.25) is 0 Å². The first-order valence-corrected chi connectivity index (χ1v) is 11.1. The third kappa shape index (κ3) is 6.51. The van der Waals surface area contributed by atoms with Gasteiger partial charge in [-0.1, -0.05) is 36.7 Å². The van der Waals surface area contributed by atoms with E-state index in [1.54, 1.807) is 14.0 Å². The summed E-state index contributed by atoms with van der Waals surface area (Å²) in [5.74, 6) is -1.02. The van der Waals surface area contributed by atoms with Gasteiger partial charge in [-0.3, -0.25) is 9.59 Å². The van der Waals surface area contributed by atoms with Crippen LogP contribution in [-0.4, -0.2) is 67.7 Å². The Bertz CT molecular complexity index is 793. The molecule has 9 heteroatoms. The van der Waals surface area contributed by atoms with Crippen molar-refractivity contribution < 1.29 is 23.9 Å². The van der Waals surface area contributed by atoms with Crippen molar-refractivity contribution in [3.8, 4) is 0 Å². The summed E-state index contributed by atoms with van der Waals surface area (Å²) in [4.78, 5) is 41.2. The van der Waals surface area contributed by atoms with Crippen LogP contribution in [0.4, 0.5) is 5.69 Å². The molecule has 1 fully saturated rings. The van der Waals surface area contributed by atoms with Gasteiger partial charge >= 0.3 is 5.97 Å². The predicted octanol–water partition coefficient (Wildman–Crippen LogP) is 2.33. The first-order chi connectivity index (χ1) is 14.5. The molecule has 172 valence electrons. The highest BCUT2D eigenvalue weighted by atomic mass is 79.9. The zero-order chi connectivity index (χ0) is 23.3. The van der Waals surface area contributed by atoms with Crippen LogP contribution in [0.3, 0.4) is 0 Å². The first kappa shape index (κ1) is 25.3. The summed E-state index contributed by atoms with van der Waals surface area (Å²) in [6.07, 6.45) is -0.186. The zero-order valence-electron chi connectivity index (χ0n) is 18.8. The summed E-state index contributed by atoms with van der Waals surface area (Å²) >= 11 is 3.38. The van der Waals surface area contributed by atoms with E-state index in [0.29, 0.717) is 5.69 Å². The number of nitrogens with two attached hydrogens (primary N) is 1. The Balaban J connectivity index is 2.21. The standard InChI is InChI=1S/C22H32BrN3O5/c1-6-30-18(27)13-31-16-11-17(26(12-16)21(29)19(24)22(2,3)4)20(28)25(5)15-9-7-14(23)8-10-15/h7-10,16-17,19H,6,11-13,24H2,1-5H3/t16-,17+,19-/m1/s1. The highest BCUT2D eigenvalue weighted by molar-refractivity contribution is 9.10. The number of hydrogen-bond donors (Lipinski definition) is 1. The Kier molecular flexibility index (Phi) is 8.62. The SMILES string of the molecule is CCOC(=O)CO[C@@H]1C[C@@H](C(=O)N(C)c2ccc(Br)cc2)N(C(=O)[C@@H](N)C(C)(C)C)C1. The average Bonchev–Trinajstić information content (AvgIpc) is 3.14. The van der Waals surface area contributed by atoms with Crippen molar-refractivity contribution in [1.29, 1.82) is 0 Å². The number of carbonyl (C=O) groups excluding carboxylic acids is 3. The molecule has 1 heterocycles. The fraction of sp³-hybridized carbons (Fsp3) is 0.591. The van der Waals surface area contributed by atoms with Crippen LogP contribution in [-0.2, 0) is 23.9 Å². The fourth-order valence-corrected chi connectivity index (χ4v) is 3.61. The van der Waals surface area contributed by atoms with E-state index in [9.17, 15) is 14.4 Å². The Hall–Kier alpha value is -1.97. The number of nitrogens with zero attached hydrogens (tertiary/aromatic N) is 2. The maximum absolute atomic E-state index is 13.3. The van der Waals surface area contributed by atoms with E-state index in [0.717, 1.165) is 4.47 Å². The first-order valence-electron chi connectivity index (χ1n) is 10.3. The number of carbonyl (C=O) groups is 3. The second kappa shape index (κ2) is 10.6. The normalized spacial score (nSPS) is 19.8. The van der Waals surface area contributed by atoms with Gasteiger partial charge in [-0.2, -0.15) is 0 Å². The van der Waals surface area contributed by atoms with Crippen molar-refractivity contribution in [3.05, 3.63) is 28.7 Å². The van der Waals surface area contributed by atoms with Crippen LogP contribution in [0.1, 0.15) is 34.1 Å². The van der Waals surface area contributed by atoms with Crippen LogP contribution >= 0.6 is 15.9 Å². The van der Waals surface area contributed by atoms with E-state index in [-0.39, 0.29) is 38.0 Å². The minimum Gasteiger partial charge on any atom is -0.464 e. The van der Waals surface area contributed by atoms with Crippen molar-refractivity contribution >= 4 is 39.4 Å². The molecule has 0 spiro atoms. The molecule has 31 heavy (non-hydrogen) atoms. The maximum Gasteiger partial charge on any atom is 0.332 e. The van der Waals surface area contributed by atoms with Gasteiger partial charge in [0.25, 0.3) is 0 Å². The molecule has 1 aliphatic rings. The van der Waals surface area contributed by atoms with E-state index in [2.05, 4.69) is 15.9 Å². The topological polar surface area (TPSA) is 102 Å². The lowest BCUT2D eigenvalue weighted by Crippen LogP contribution is -2.55. The third-order valence-electron chi connectivity index (χ3n) is 5.32. The summed E-state index contributed by atoms with van der Waals surface area (Å²) < 4.78 is 11.5. The second-order valence-electron chi connectivity index (χ2n) is 8.70. The molecule has 8 nitrogen and oxygen atoms in total. The number of anilines is 1. The molecule has 0 aromatic heterocycles. The Morgan fingerprint density at radius 3 is 2.42 bits per heavy atom. The number of amides is 2. The van der Waals surface area contributed by atoms with Gasteiger partial charge in [-0.05, 0) is 36.6 Å². The molecule has 2 N–H and O–H groups in total. The van der Waals surface area contributed by atoms with Crippen LogP contribution in [0.5, 0.6) is 0 Å². The number of esters is 1. The number of ether oxygens (including phenoxy) is 2. The summed E-state index contributed by atoms with van der Waals surface area (Å²) in [6, 6.07) is 5.82. The Labute approximate surface area is 192 Å². The van der Waals surface area contributed by atoms with E-state index < -0.39 is 29.6 Å². The molecule has 0 radical (unpaired) electrons. The van der Waals surface area contributed by atoms with Crippen LogP contribution in [0, 0.1) is 5.41 Å². The Morgan fingerprint density at radius 2 is 1.87 bits per heavy atom. The molecular weight excluding hydrogens is 466 g/mol. The number of hydrogen-bond acceptors (Lipinski definition) is 6. The van der Waals surface area contributed by atoms with Gasteiger partial charge in [0.05, 0.1) is 18.8 Å². The predicted molar refractivity (Wildman–Crippen MR) is 121 cm³/mol. The monoisotopic (exact) mass is 497 g/mol. The van der Waals surface area contributed by atoms with Gasteiger partial charge in [-0.15, -0.1) is 0 Å². The smallest absolute Gasteiger partial charge is 0.332 e. The van der Waals surface area contributed by atoms with E-state index >= 15 is 0 Å². The van der Waals surface area contributed by atoms with Crippen molar-refractivity contribution in [2.24, 2.45) is 11.1 Å². The summed E-state index contributed by atoms with van der Waals surface area (Å²) in [6.45, 7) is 7.58. The quantitative estimate of drug-likeness (QED) is 0.579. The molecule has 0 aliphatic carbocycles. The molecule has 3 atom stereocenters. The van der Waals surface area contributed by atoms with Crippen molar-refractivity contribution in [1.82, 2.24) is 4.90 Å². The highest BCUT2D eigenvalue weighted by Crippen LogP contribution is 2.28. The largest absolute Gasteiger partial charge is 0.464 e. The maximum atomic E-state index is 13.3. The second-order valence-corrected chi connectivity index (χ2v) is 9.61. The van der Waals surface area contributed by atoms with Gasteiger partial charge in [0.15, 0.2) is 0 Å². The average molecular weight is 498 g/mol. The number of likely N-dealkylation sites (N-methyl/N-ethyl adjacent to an activating group) is 1. The van der Waals surface area contributed by atoms with Crippen molar-refractivity contribution in [2.45, 2.75) is 52.3 Å². The molecule has 1 saturated heterocycles. The number of rotatable bonds is 7. The van der Waals surface area contributed by atoms with E-state index in [1.807, 2.05) is 45.0 Å². The molecule has 2 amide bonds. The molecule has 0 bridgehead atoms. The minimum atomic E-state index is -0.774. The summed E-state index contributed by atoms with van der Waals surface area (Å²) in [5, 5.41) is 0.